The number of carbonyl (C=O) groups excluding carboxylic acids is 2. The van der Waals surface area contributed by atoms with Crippen LogP contribution in [0.5, 0.6) is 0 Å². The molecule has 0 N–H and O–H groups in total. The van der Waals surface area contributed by atoms with Crippen molar-refractivity contribution in [3.05, 3.63) is 0 Å². The summed E-state index contributed by atoms with van der Waals surface area (Å²) in [4.78, 5) is 19.9. The molecule has 0 aromatic heterocycles. The molecular weight excluding hydrogens is 128 g/mol. The van der Waals surface area contributed by atoms with E-state index in [9.17, 15) is 14.7 Å². The lowest BCUT2D eigenvalue weighted by Gasteiger charge is -2.04. The lowest BCUT2D eigenvalue weighted by molar-refractivity contribution is -0.313. The second-order valence-electron chi connectivity index (χ2n) is 1.49. The van der Waals surface area contributed by atoms with E-state index < -0.39 is 18.2 Å². The molecule has 1 atom stereocenters. The van der Waals surface area contributed by atoms with E-state index in [1.807, 2.05) is 0 Å². The second-order valence-corrected chi connectivity index (χ2v) is 1.49. The van der Waals surface area contributed by atoms with Crippen LogP contribution in [0.25, 0.3) is 0 Å². The fourth-order valence-corrected chi connectivity index (χ4v) is 0.444. The SMILES string of the molecule is O=C1OCC(C(=O)[O-])O1. The Morgan fingerprint density at radius 2 is 2.44 bits per heavy atom. The van der Waals surface area contributed by atoms with Gasteiger partial charge in [-0.05, 0) is 0 Å². The van der Waals surface area contributed by atoms with Crippen molar-refractivity contribution in [2.75, 3.05) is 6.61 Å². The fourth-order valence-electron chi connectivity index (χ4n) is 0.444. The highest BCUT2D eigenvalue weighted by Crippen LogP contribution is 2.03. The van der Waals surface area contributed by atoms with Gasteiger partial charge in [0.25, 0.3) is 0 Å². The predicted molar refractivity (Wildman–Crippen MR) is 21.2 cm³/mol. The second kappa shape index (κ2) is 1.93. The summed E-state index contributed by atoms with van der Waals surface area (Å²) in [5.74, 6) is -1.43. The average Bonchev–Trinajstić information content (AvgIpc) is 2.14. The molecule has 1 rings (SSSR count). The molecule has 1 heterocycles. The zero-order valence-corrected chi connectivity index (χ0v) is 4.33. The molecule has 0 aromatic carbocycles. The number of cyclic esters (lactones) is 2. The molecule has 9 heavy (non-hydrogen) atoms. The van der Waals surface area contributed by atoms with Gasteiger partial charge in [-0.15, -0.1) is 0 Å². The van der Waals surface area contributed by atoms with Crippen LogP contribution >= 0.6 is 0 Å². The third-order valence-corrected chi connectivity index (χ3v) is 0.854. The summed E-state index contributed by atoms with van der Waals surface area (Å²) in [6.07, 6.45) is -2.18. The first-order chi connectivity index (χ1) is 4.20. The highest BCUT2D eigenvalue weighted by Gasteiger charge is 2.25. The molecule has 5 nitrogen and oxygen atoms in total. The van der Waals surface area contributed by atoms with E-state index in [2.05, 4.69) is 9.47 Å². The van der Waals surface area contributed by atoms with Crippen molar-refractivity contribution in [3.63, 3.8) is 0 Å². The maximum absolute atomic E-state index is 10.0. The van der Waals surface area contributed by atoms with Crippen molar-refractivity contribution in [2.45, 2.75) is 6.10 Å². The van der Waals surface area contributed by atoms with E-state index in [1.165, 1.54) is 0 Å². The Bertz CT molecular complexity index is 151. The van der Waals surface area contributed by atoms with Crippen molar-refractivity contribution in [2.24, 2.45) is 0 Å². The van der Waals surface area contributed by atoms with Gasteiger partial charge in [0.2, 0.25) is 0 Å². The van der Waals surface area contributed by atoms with Crippen LogP contribution in [-0.2, 0) is 14.3 Å². The first kappa shape index (κ1) is 5.87. The van der Waals surface area contributed by atoms with Crippen LogP contribution in [0.3, 0.4) is 0 Å². The summed E-state index contributed by atoms with van der Waals surface area (Å²) < 4.78 is 8.24. The van der Waals surface area contributed by atoms with E-state index in [-0.39, 0.29) is 6.61 Å². The fraction of sp³-hybridized carbons (Fsp3) is 0.500. The number of carbonyl (C=O) groups is 2. The van der Waals surface area contributed by atoms with Crippen LogP contribution in [0.1, 0.15) is 0 Å². The molecule has 1 aliphatic heterocycles. The molecule has 1 fully saturated rings. The molecule has 0 aromatic rings. The number of ether oxygens (including phenoxy) is 2. The van der Waals surface area contributed by atoms with Gasteiger partial charge in [-0.3, -0.25) is 0 Å². The summed E-state index contributed by atoms with van der Waals surface area (Å²) >= 11 is 0. The Balaban J connectivity index is 2.48. The molecule has 5 heteroatoms. The first-order valence-electron chi connectivity index (χ1n) is 2.24. The third-order valence-electron chi connectivity index (χ3n) is 0.854. The van der Waals surface area contributed by atoms with E-state index in [0.717, 1.165) is 0 Å². The summed E-state index contributed by atoms with van der Waals surface area (Å²) in [5, 5.41) is 9.88. The van der Waals surface area contributed by atoms with Gasteiger partial charge in [-0.25, -0.2) is 4.79 Å². The monoisotopic (exact) mass is 131 g/mol. The van der Waals surface area contributed by atoms with Gasteiger partial charge in [0, 0.05) is 0 Å². The largest absolute Gasteiger partial charge is 0.546 e. The van der Waals surface area contributed by atoms with Gasteiger partial charge in [-0.1, -0.05) is 0 Å². The molecule has 0 aliphatic carbocycles. The van der Waals surface area contributed by atoms with Gasteiger partial charge in [-0.2, -0.15) is 0 Å². The van der Waals surface area contributed by atoms with Crippen LogP contribution in [0.4, 0.5) is 4.79 Å². The zero-order valence-electron chi connectivity index (χ0n) is 4.33. The van der Waals surface area contributed by atoms with Crippen molar-refractivity contribution in [1.82, 2.24) is 0 Å². The summed E-state index contributed by atoms with van der Waals surface area (Å²) in [6, 6.07) is 0. The van der Waals surface area contributed by atoms with Crippen LogP contribution in [0.2, 0.25) is 0 Å². The lowest BCUT2D eigenvalue weighted by Crippen LogP contribution is -2.37. The van der Waals surface area contributed by atoms with E-state index >= 15 is 0 Å². The van der Waals surface area contributed by atoms with Gasteiger partial charge in [0.1, 0.15) is 6.61 Å². The van der Waals surface area contributed by atoms with E-state index in [0.29, 0.717) is 0 Å². The number of aliphatic carboxylic acids is 1. The van der Waals surface area contributed by atoms with Gasteiger partial charge < -0.3 is 19.4 Å². The lowest BCUT2D eigenvalue weighted by atomic mass is 10.4. The third kappa shape index (κ3) is 1.10. The molecule has 50 valence electrons. The molecule has 0 bridgehead atoms. The quantitative estimate of drug-likeness (QED) is 0.395. The molecular formula is C4H3O5-. The number of hydrogen-bond acceptors (Lipinski definition) is 5. The van der Waals surface area contributed by atoms with Gasteiger partial charge >= 0.3 is 6.16 Å². The van der Waals surface area contributed by atoms with Gasteiger partial charge in [0.05, 0.1) is 5.97 Å². The number of carboxylic acids is 1. The highest BCUT2D eigenvalue weighted by molar-refractivity contribution is 5.76. The molecule has 0 saturated carbocycles. The van der Waals surface area contributed by atoms with Crippen LogP contribution in [0.15, 0.2) is 0 Å². The summed E-state index contributed by atoms with van der Waals surface area (Å²) in [7, 11) is 0. The van der Waals surface area contributed by atoms with Crippen molar-refractivity contribution < 1.29 is 24.2 Å². The Morgan fingerprint density at radius 3 is 2.67 bits per heavy atom. The Kier molecular flexibility index (Phi) is 1.26. The maximum atomic E-state index is 10.0. The Labute approximate surface area is 50.2 Å². The number of carboxylic acid groups (broad SMARTS) is 1. The van der Waals surface area contributed by atoms with E-state index in [1.54, 1.807) is 0 Å². The minimum absolute atomic E-state index is 0.249. The van der Waals surface area contributed by atoms with Gasteiger partial charge in [0.15, 0.2) is 6.10 Å². The molecule has 0 amide bonds. The van der Waals surface area contributed by atoms with E-state index in [4.69, 9.17) is 0 Å². The zero-order chi connectivity index (χ0) is 6.85. The molecule has 0 spiro atoms. The topological polar surface area (TPSA) is 75.7 Å². The smallest absolute Gasteiger partial charge is 0.509 e. The Morgan fingerprint density at radius 1 is 1.78 bits per heavy atom. The standard InChI is InChI=1S/C4H4O5/c5-3(6)2-1-8-4(7)9-2/h2H,1H2,(H,5,6)/p-1. The minimum atomic E-state index is -1.43. The predicted octanol–water partition coefficient (Wildman–Crippen LogP) is -1.73. The van der Waals surface area contributed by atoms with Crippen LogP contribution < -0.4 is 5.11 Å². The number of rotatable bonds is 1. The minimum Gasteiger partial charge on any atom is -0.546 e. The average molecular weight is 131 g/mol. The summed E-state index contributed by atoms with van der Waals surface area (Å²) in [6.45, 7) is -0.249. The van der Waals surface area contributed by atoms with Crippen LogP contribution in [-0.4, -0.2) is 24.8 Å². The number of hydrogen-bond donors (Lipinski definition) is 0. The molecule has 1 unspecified atom stereocenters. The first-order valence-corrected chi connectivity index (χ1v) is 2.24. The van der Waals surface area contributed by atoms with Crippen molar-refractivity contribution >= 4 is 12.1 Å². The molecule has 0 radical (unpaired) electrons. The van der Waals surface area contributed by atoms with Crippen molar-refractivity contribution in [3.8, 4) is 0 Å². The molecule has 1 saturated heterocycles. The van der Waals surface area contributed by atoms with Crippen molar-refractivity contribution in [1.29, 1.82) is 0 Å². The summed E-state index contributed by atoms with van der Waals surface area (Å²) in [5.41, 5.74) is 0. The maximum Gasteiger partial charge on any atom is 0.509 e. The van der Waals surface area contributed by atoms with Crippen LogP contribution in [0, 0.1) is 0 Å². The normalized spacial score (nSPS) is 24.9. The molecule has 1 aliphatic rings. The Hall–Kier alpha value is -1.26. The highest BCUT2D eigenvalue weighted by atomic mass is 16.8.